The molecule has 1 amide bonds. The van der Waals surface area contributed by atoms with Crippen LogP contribution in [-0.2, 0) is 16.2 Å². The second-order valence-corrected chi connectivity index (χ2v) is 6.85. The molecule has 27 heavy (non-hydrogen) atoms. The van der Waals surface area contributed by atoms with E-state index in [4.69, 9.17) is 14.0 Å². The van der Waals surface area contributed by atoms with Gasteiger partial charge in [-0.05, 0) is 36.1 Å². The fraction of sp³-hybridized carbons (Fsp3) is 0.333. The Balaban J connectivity index is 1.60. The van der Waals surface area contributed by atoms with E-state index in [1.165, 1.54) is 5.06 Å². The Kier molecular flexibility index (Phi) is 6.08. The highest BCUT2D eigenvalue weighted by Crippen LogP contribution is 2.21. The molecule has 0 radical (unpaired) electrons. The Bertz CT molecular complexity index is 890. The highest BCUT2D eigenvalue weighted by atomic mass is 16.7. The van der Waals surface area contributed by atoms with E-state index in [0.717, 1.165) is 11.1 Å². The van der Waals surface area contributed by atoms with Crippen LogP contribution in [-0.4, -0.2) is 29.1 Å². The average Bonchev–Trinajstić information content (AvgIpc) is 3.05. The zero-order chi connectivity index (χ0) is 19.2. The van der Waals surface area contributed by atoms with Gasteiger partial charge in [-0.2, -0.15) is 4.98 Å². The fourth-order valence-electron chi connectivity index (χ4n) is 2.55. The molecule has 0 atom stereocenters. The van der Waals surface area contributed by atoms with Crippen LogP contribution >= 0.6 is 0 Å². The van der Waals surface area contributed by atoms with Gasteiger partial charge < -0.3 is 9.15 Å². The molecule has 6 heteroatoms. The van der Waals surface area contributed by atoms with Crippen molar-refractivity contribution < 1.29 is 18.8 Å². The van der Waals surface area contributed by atoms with Gasteiger partial charge in [0.2, 0.25) is 0 Å². The summed E-state index contributed by atoms with van der Waals surface area (Å²) in [4.78, 5) is 22.5. The minimum atomic E-state index is -0.280. The van der Waals surface area contributed by atoms with Crippen LogP contribution in [0, 0.1) is 12.8 Å². The minimum Gasteiger partial charge on any atom is -0.440 e. The molecular formula is C21H24N2O4. The Morgan fingerprint density at radius 1 is 1.19 bits per heavy atom. The number of carbonyl (C=O) groups excluding carboxylic acids is 1. The van der Waals surface area contributed by atoms with Gasteiger partial charge in [-0.25, -0.2) is 5.06 Å². The lowest BCUT2D eigenvalue weighted by molar-refractivity contribution is -0.196. The normalized spacial score (nSPS) is 11.1. The molecule has 6 nitrogen and oxygen atoms in total. The number of benzene rings is 2. The van der Waals surface area contributed by atoms with Crippen LogP contribution in [0.1, 0.15) is 25.0 Å². The van der Waals surface area contributed by atoms with Gasteiger partial charge in [0.05, 0.1) is 6.54 Å². The zero-order valence-electron chi connectivity index (χ0n) is 15.8. The number of fused-ring (bicyclic) bond motifs is 1. The van der Waals surface area contributed by atoms with Gasteiger partial charge in [0.1, 0.15) is 12.1 Å². The average molecular weight is 368 g/mol. The first-order valence-corrected chi connectivity index (χ1v) is 8.98. The number of carbonyl (C=O) groups is 1. The maximum atomic E-state index is 12.5. The first kappa shape index (κ1) is 18.9. The predicted octanol–water partition coefficient (Wildman–Crippen LogP) is 4.13. The smallest absolute Gasteiger partial charge is 0.395 e. The summed E-state index contributed by atoms with van der Waals surface area (Å²) in [5.74, 6) is -0.0184. The van der Waals surface area contributed by atoms with Gasteiger partial charge in [0, 0.05) is 0 Å². The van der Waals surface area contributed by atoms with Crippen molar-refractivity contribution in [2.24, 2.45) is 5.92 Å². The van der Waals surface area contributed by atoms with Gasteiger partial charge >= 0.3 is 6.08 Å². The fourth-order valence-corrected chi connectivity index (χ4v) is 2.55. The largest absolute Gasteiger partial charge is 0.440 e. The molecule has 0 fully saturated rings. The molecule has 142 valence electrons. The van der Waals surface area contributed by atoms with Crippen molar-refractivity contribution in [2.75, 3.05) is 13.2 Å². The van der Waals surface area contributed by atoms with Crippen molar-refractivity contribution in [2.45, 2.75) is 27.4 Å². The van der Waals surface area contributed by atoms with Gasteiger partial charge in [-0.1, -0.05) is 50.2 Å². The molecule has 0 unspecified atom stereocenters. The van der Waals surface area contributed by atoms with Crippen molar-refractivity contribution in [1.29, 1.82) is 0 Å². The highest BCUT2D eigenvalue weighted by molar-refractivity contribution is 5.77. The monoisotopic (exact) mass is 368 g/mol. The summed E-state index contributed by atoms with van der Waals surface area (Å²) in [6.45, 7) is 6.61. The molecule has 0 aliphatic rings. The Hall–Kier alpha value is -2.86. The van der Waals surface area contributed by atoms with Crippen LogP contribution in [0.4, 0.5) is 0 Å². The Morgan fingerprint density at radius 2 is 1.96 bits per heavy atom. The predicted molar refractivity (Wildman–Crippen MR) is 102 cm³/mol. The van der Waals surface area contributed by atoms with Crippen molar-refractivity contribution in [3.8, 4) is 6.08 Å². The number of aromatic nitrogens is 1. The van der Waals surface area contributed by atoms with Crippen LogP contribution in [0.3, 0.4) is 0 Å². The topological polar surface area (TPSA) is 64.8 Å². The summed E-state index contributed by atoms with van der Waals surface area (Å²) < 4.78 is 11.0. The third-order valence-electron chi connectivity index (χ3n) is 3.88. The van der Waals surface area contributed by atoms with E-state index in [2.05, 4.69) is 4.98 Å². The number of hydroxylamine groups is 2. The maximum absolute atomic E-state index is 12.5. The van der Waals surface area contributed by atoms with E-state index in [1.807, 2.05) is 69.3 Å². The van der Waals surface area contributed by atoms with Crippen molar-refractivity contribution in [3.63, 3.8) is 0 Å². The lowest BCUT2D eigenvalue weighted by Gasteiger charge is -2.23. The molecule has 1 aromatic heterocycles. The van der Waals surface area contributed by atoms with Crippen molar-refractivity contribution in [1.82, 2.24) is 10.0 Å². The summed E-state index contributed by atoms with van der Waals surface area (Å²) in [5, 5.41) is 1.35. The molecule has 2 aromatic carbocycles. The first-order chi connectivity index (χ1) is 13.0. The number of hydrogen-bond acceptors (Lipinski definition) is 5. The quantitative estimate of drug-likeness (QED) is 0.559. The standard InChI is InChI=1S/C21H24N2O4/c1-15(2)12-23(26-13-17-7-5-4-6-8-17)20(24)14-25-21-22-18-10-9-16(3)11-19(18)27-21/h4-11,15H,12-14H2,1-3H3. The van der Waals surface area contributed by atoms with Crippen LogP contribution in [0.25, 0.3) is 11.1 Å². The molecular weight excluding hydrogens is 344 g/mol. The Labute approximate surface area is 158 Å². The maximum Gasteiger partial charge on any atom is 0.395 e. The number of aryl methyl sites for hydroxylation is 1. The SMILES string of the molecule is Cc1ccc2nc(OCC(=O)N(CC(C)C)OCc3ccccc3)oc2c1. The van der Waals surface area contributed by atoms with E-state index in [-0.39, 0.29) is 24.5 Å². The second kappa shape index (κ2) is 8.68. The van der Waals surface area contributed by atoms with Crippen molar-refractivity contribution >= 4 is 17.0 Å². The van der Waals surface area contributed by atoms with Gasteiger partial charge in [-0.15, -0.1) is 0 Å². The number of hydrogen-bond donors (Lipinski definition) is 0. The van der Waals surface area contributed by atoms with E-state index in [0.29, 0.717) is 24.3 Å². The van der Waals surface area contributed by atoms with E-state index < -0.39 is 0 Å². The number of rotatable bonds is 8. The molecule has 0 saturated heterocycles. The third-order valence-corrected chi connectivity index (χ3v) is 3.88. The number of amides is 1. The minimum absolute atomic E-state index is 0.0801. The van der Waals surface area contributed by atoms with Crippen LogP contribution in [0.2, 0.25) is 0 Å². The molecule has 0 aliphatic carbocycles. The third kappa shape index (κ3) is 5.31. The van der Waals surface area contributed by atoms with Gasteiger partial charge in [0.25, 0.3) is 5.91 Å². The first-order valence-electron chi connectivity index (χ1n) is 8.98. The summed E-state index contributed by atoms with van der Waals surface area (Å²) >= 11 is 0. The lowest BCUT2D eigenvalue weighted by Crippen LogP contribution is -2.37. The van der Waals surface area contributed by atoms with E-state index in [9.17, 15) is 4.79 Å². The molecule has 0 spiro atoms. The van der Waals surface area contributed by atoms with E-state index >= 15 is 0 Å². The highest BCUT2D eigenvalue weighted by Gasteiger charge is 2.18. The van der Waals surface area contributed by atoms with Crippen LogP contribution in [0.15, 0.2) is 52.9 Å². The van der Waals surface area contributed by atoms with E-state index in [1.54, 1.807) is 0 Å². The molecule has 1 heterocycles. The van der Waals surface area contributed by atoms with Crippen molar-refractivity contribution in [3.05, 3.63) is 59.7 Å². The molecule has 3 rings (SSSR count). The zero-order valence-corrected chi connectivity index (χ0v) is 15.8. The molecule has 3 aromatic rings. The number of oxazole rings is 1. The molecule has 0 saturated carbocycles. The summed E-state index contributed by atoms with van der Waals surface area (Å²) in [6.07, 6.45) is 0.0801. The molecule has 0 aliphatic heterocycles. The van der Waals surface area contributed by atoms with Crippen LogP contribution < -0.4 is 4.74 Å². The summed E-state index contributed by atoms with van der Waals surface area (Å²) in [5.41, 5.74) is 3.40. The molecule has 0 N–H and O–H groups in total. The summed E-state index contributed by atoms with van der Waals surface area (Å²) in [7, 11) is 0. The van der Waals surface area contributed by atoms with Crippen LogP contribution in [0.5, 0.6) is 6.08 Å². The number of ether oxygens (including phenoxy) is 1. The molecule has 0 bridgehead atoms. The van der Waals surface area contributed by atoms with Gasteiger partial charge in [0.15, 0.2) is 12.2 Å². The summed E-state index contributed by atoms with van der Waals surface area (Å²) in [6, 6.07) is 15.4. The number of nitrogens with zero attached hydrogens (tertiary/aromatic N) is 2. The Morgan fingerprint density at radius 3 is 2.70 bits per heavy atom. The van der Waals surface area contributed by atoms with Gasteiger partial charge in [-0.3, -0.25) is 9.63 Å². The lowest BCUT2D eigenvalue weighted by atomic mass is 10.2. The second-order valence-electron chi connectivity index (χ2n) is 6.85.